The Morgan fingerprint density at radius 2 is 2.00 bits per heavy atom. The monoisotopic (exact) mass is 263 g/mol. The maximum Gasteiger partial charge on any atom is 0.389 e. The Labute approximate surface area is 105 Å². The van der Waals surface area contributed by atoms with Gasteiger partial charge in [0.05, 0.1) is 17.7 Å². The molecule has 2 atom stereocenters. The highest BCUT2D eigenvalue weighted by Crippen LogP contribution is 2.26. The number of alkyl halides is 3. The van der Waals surface area contributed by atoms with Crippen molar-refractivity contribution in [2.75, 3.05) is 5.75 Å². The van der Waals surface area contributed by atoms with Crippen LogP contribution in [0.25, 0.3) is 0 Å². The van der Waals surface area contributed by atoms with Crippen LogP contribution in [-0.2, 0) is 0 Å². The van der Waals surface area contributed by atoms with Crippen molar-refractivity contribution < 1.29 is 13.2 Å². The molecule has 0 amide bonds. The van der Waals surface area contributed by atoms with Crippen LogP contribution >= 0.6 is 11.8 Å². The van der Waals surface area contributed by atoms with Gasteiger partial charge in [-0.3, -0.25) is 0 Å². The van der Waals surface area contributed by atoms with Gasteiger partial charge in [-0.15, -0.1) is 24.1 Å². The lowest BCUT2D eigenvalue weighted by Crippen LogP contribution is -2.11. The summed E-state index contributed by atoms with van der Waals surface area (Å²) >= 11 is 1.08. The van der Waals surface area contributed by atoms with Gasteiger partial charge in [0.15, 0.2) is 0 Å². The molecule has 0 saturated heterocycles. The molecule has 0 spiro atoms. The second-order valence-corrected chi connectivity index (χ2v) is 5.26. The molecular formula is C12H16F3NS. The van der Waals surface area contributed by atoms with E-state index in [2.05, 4.69) is 5.92 Å². The molecule has 0 radical (unpaired) electrons. The molecule has 0 aromatic carbocycles. The van der Waals surface area contributed by atoms with Gasteiger partial charge in [0.1, 0.15) is 0 Å². The summed E-state index contributed by atoms with van der Waals surface area (Å²) in [5.74, 6) is 2.80. The standard InChI is InChI=1S/C12H16F3NS/c1-3-4-10(2)5-6-11(9-16)17-8-7-12(13,14)15/h1,10-11H,4-8H2,2H3. The number of nitriles is 1. The number of halogens is 3. The molecule has 0 aliphatic rings. The molecule has 0 N–H and O–H groups in total. The number of hydrogen-bond acceptors (Lipinski definition) is 2. The number of nitrogens with zero attached hydrogens (tertiary/aromatic N) is 1. The summed E-state index contributed by atoms with van der Waals surface area (Å²) in [7, 11) is 0. The average molecular weight is 263 g/mol. The third kappa shape index (κ3) is 10.1. The third-order valence-corrected chi connectivity index (χ3v) is 3.42. The van der Waals surface area contributed by atoms with Crippen molar-refractivity contribution in [3.05, 3.63) is 0 Å². The van der Waals surface area contributed by atoms with Gasteiger partial charge in [0, 0.05) is 12.2 Å². The number of rotatable bonds is 7. The number of thioether (sulfide) groups is 1. The van der Waals surface area contributed by atoms with E-state index in [4.69, 9.17) is 11.7 Å². The van der Waals surface area contributed by atoms with Gasteiger partial charge in [-0.25, -0.2) is 0 Å². The first-order chi connectivity index (χ1) is 7.89. The van der Waals surface area contributed by atoms with E-state index in [1.807, 2.05) is 13.0 Å². The van der Waals surface area contributed by atoms with Crippen LogP contribution in [0.15, 0.2) is 0 Å². The van der Waals surface area contributed by atoms with Crippen LogP contribution < -0.4 is 0 Å². The summed E-state index contributed by atoms with van der Waals surface area (Å²) in [6.07, 6.45) is 2.20. The highest BCUT2D eigenvalue weighted by Gasteiger charge is 2.27. The fourth-order valence-electron chi connectivity index (χ4n) is 1.24. The van der Waals surface area contributed by atoms with E-state index in [9.17, 15) is 13.2 Å². The Balaban J connectivity index is 3.79. The minimum absolute atomic E-state index is 0.0504. The summed E-state index contributed by atoms with van der Waals surface area (Å²) in [4.78, 5) is 0. The second kappa shape index (κ2) is 8.31. The highest BCUT2D eigenvalue weighted by molar-refractivity contribution is 8.00. The van der Waals surface area contributed by atoms with Gasteiger partial charge in [0.25, 0.3) is 0 Å². The van der Waals surface area contributed by atoms with Crippen molar-refractivity contribution >= 4 is 11.8 Å². The van der Waals surface area contributed by atoms with Crippen molar-refractivity contribution in [1.29, 1.82) is 5.26 Å². The van der Waals surface area contributed by atoms with Crippen LogP contribution in [0.5, 0.6) is 0 Å². The van der Waals surface area contributed by atoms with Crippen LogP contribution in [0.2, 0.25) is 0 Å². The predicted octanol–water partition coefficient (Wildman–Crippen LogP) is 4.00. The van der Waals surface area contributed by atoms with E-state index in [0.29, 0.717) is 18.8 Å². The summed E-state index contributed by atoms with van der Waals surface area (Å²) in [5.41, 5.74) is 0. The van der Waals surface area contributed by atoms with E-state index >= 15 is 0 Å². The van der Waals surface area contributed by atoms with Crippen LogP contribution in [0.4, 0.5) is 13.2 Å². The molecule has 5 heteroatoms. The SMILES string of the molecule is C#CCC(C)CCC(C#N)SCCC(F)(F)F. The molecule has 0 bridgehead atoms. The van der Waals surface area contributed by atoms with Crippen LogP contribution in [0.1, 0.15) is 32.6 Å². The summed E-state index contributed by atoms with van der Waals surface area (Å²) in [6, 6.07) is 2.03. The van der Waals surface area contributed by atoms with Crippen LogP contribution in [0, 0.1) is 29.6 Å². The molecule has 0 rings (SSSR count). The zero-order valence-electron chi connectivity index (χ0n) is 9.76. The molecule has 0 aliphatic carbocycles. The maximum atomic E-state index is 11.9. The Morgan fingerprint density at radius 3 is 2.47 bits per heavy atom. The van der Waals surface area contributed by atoms with Gasteiger partial charge >= 0.3 is 6.18 Å². The highest BCUT2D eigenvalue weighted by atomic mass is 32.2. The normalized spacial score (nSPS) is 14.7. The molecular weight excluding hydrogens is 247 g/mol. The Bertz CT molecular complexity index is 288. The first-order valence-corrected chi connectivity index (χ1v) is 6.45. The van der Waals surface area contributed by atoms with Crippen molar-refractivity contribution in [2.45, 2.75) is 44.0 Å². The molecule has 0 heterocycles. The Kier molecular flexibility index (Phi) is 7.91. The second-order valence-electron chi connectivity index (χ2n) is 3.94. The van der Waals surface area contributed by atoms with Crippen molar-refractivity contribution in [3.8, 4) is 18.4 Å². The molecule has 0 aromatic heterocycles. The average Bonchev–Trinajstić information content (AvgIpc) is 2.22. The molecule has 0 aliphatic heterocycles. The quantitative estimate of drug-likeness (QED) is 0.648. The van der Waals surface area contributed by atoms with E-state index in [-0.39, 0.29) is 11.0 Å². The maximum absolute atomic E-state index is 11.9. The third-order valence-electron chi connectivity index (χ3n) is 2.24. The van der Waals surface area contributed by atoms with Gasteiger partial charge in [-0.1, -0.05) is 6.92 Å². The smallest absolute Gasteiger partial charge is 0.197 e. The summed E-state index contributed by atoms with van der Waals surface area (Å²) < 4.78 is 35.7. The Morgan fingerprint density at radius 1 is 1.35 bits per heavy atom. The lowest BCUT2D eigenvalue weighted by Gasteiger charge is -2.12. The van der Waals surface area contributed by atoms with Gasteiger partial charge in [0.2, 0.25) is 0 Å². The van der Waals surface area contributed by atoms with E-state index in [0.717, 1.165) is 18.2 Å². The Hall–Kier alpha value is -0.810. The first kappa shape index (κ1) is 16.2. The van der Waals surface area contributed by atoms with Crippen LogP contribution in [0.3, 0.4) is 0 Å². The van der Waals surface area contributed by atoms with E-state index in [1.54, 1.807) is 0 Å². The first-order valence-electron chi connectivity index (χ1n) is 5.40. The van der Waals surface area contributed by atoms with Crippen LogP contribution in [-0.4, -0.2) is 17.2 Å². The molecule has 1 nitrogen and oxygen atoms in total. The predicted molar refractivity (Wildman–Crippen MR) is 64.4 cm³/mol. The number of terminal acetylenes is 1. The molecule has 0 saturated carbocycles. The van der Waals surface area contributed by atoms with Crippen molar-refractivity contribution in [1.82, 2.24) is 0 Å². The molecule has 0 aromatic rings. The van der Waals surface area contributed by atoms with E-state index < -0.39 is 12.6 Å². The number of hydrogen-bond donors (Lipinski definition) is 0. The van der Waals surface area contributed by atoms with Gasteiger partial charge in [-0.2, -0.15) is 18.4 Å². The fourth-order valence-corrected chi connectivity index (χ4v) is 2.25. The lowest BCUT2D eigenvalue weighted by atomic mass is 10.0. The molecule has 17 heavy (non-hydrogen) atoms. The molecule has 96 valence electrons. The molecule has 0 fully saturated rings. The zero-order valence-corrected chi connectivity index (χ0v) is 10.6. The fraction of sp³-hybridized carbons (Fsp3) is 0.750. The van der Waals surface area contributed by atoms with Gasteiger partial charge in [-0.05, 0) is 18.8 Å². The van der Waals surface area contributed by atoms with Crippen molar-refractivity contribution in [3.63, 3.8) is 0 Å². The summed E-state index contributed by atoms with van der Waals surface area (Å²) in [5, 5.41) is 8.44. The topological polar surface area (TPSA) is 23.8 Å². The van der Waals surface area contributed by atoms with Gasteiger partial charge < -0.3 is 0 Å². The largest absolute Gasteiger partial charge is 0.389 e. The lowest BCUT2D eigenvalue weighted by molar-refractivity contribution is -0.129. The van der Waals surface area contributed by atoms with Crippen molar-refractivity contribution in [2.24, 2.45) is 5.92 Å². The van der Waals surface area contributed by atoms with E-state index in [1.165, 1.54) is 0 Å². The summed E-state index contributed by atoms with van der Waals surface area (Å²) in [6.45, 7) is 1.98. The minimum atomic E-state index is -4.14. The zero-order chi connectivity index (χ0) is 13.3. The minimum Gasteiger partial charge on any atom is -0.197 e. The molecule has 2 unspecified atom stereocenters.